The van der Waals surface area contributed by atoms with Crippen LogP contribution >= 0.6 is 0 Å². The molecule has 1 heterocycles. The van der Waals surface area contributed by atoms with Gasteiger partial charge in [-0.15, -0.1) is 0 Å². The van der Waals surface area contributed by atoms with Gasteiger partial charge in [-0.2, -0.15) is 0 Å². The molecule has 124 valence electrons. The van der Waals surface area contributed by atoms with Crippen LogP contribution in [-0.4, -0.2) is 36.1 Å². The van der Waals surface area contributed by atoms with Gasteiger partial charge >= 0.3 is 0 Å². The molecule has 5 atom stereocenters. The smallest absolute Gasteiger partial charge is 0.0255 e. The van der Waals surface area contributed by atoms with Crippen molar-refractivity contribution in [1.82, 2.24) is 10.2 Å². The number of piperidine rings is 1. The molecule has 1 aliphatic heterocycles. The summed E-state index contributed by atoms with van der Waals surface area (Å²) in [4.78, 5) is 2.87. The molecule has 21 heavy (non-hydrogen) atoms. The molecular weight excluding hydrogens is 256 g/mol. The van der Waals surface area contributed by atoms with E-state index in [0.717, 1.165) is 35.9 Å². The van der Waals surface area contributed by atoms with Crippen molar-refractivity contribution in [3.05, 3.63) is 0 Å². The maximum absolute atomic E-state index is 3.87. The van der Waals surface area contributed by atoms with Gasteiger partial charge in [-0.3, -0.25) is 4.90 Å². The van der Waals surface area contributed by atoms with E-state index in [9.17, 15) is 0 Å². The zero-order valence-electron chi connectivity index (χ0n) is 15.1. The number of hydrogen-bond acceptors (Lipinski definition) is 2. The van der Waals surface area contributed by atoms with Crippen LogP contribution in [0, 0.1) is 17.8 Å². The van der Waals surface area contributed by atoms with Gasteiger partial charge in [0.25, 0.3) is 0 Å². The normalized spacial score (nSPS) is 38.9. The molecule has 1 aliphatic carbocycles. The van der Waals surface area contributed by atoms with Crippen molar-refractivity contribution >= 4 is 0 Å². The summed E-state index contributed by atoms with van der Waals surface area (Å²) in [7, 11) is 0. The molecular formula is C19H38N2. The molecule has 2 aliphatic rings. The topological polar surface area (TPSA) is 15.3 Å². The third kappa shape index (κ3) is 4.45. The van der Waals surface area contributed by atoms with Crippen LogP contribution in [0.2, 0.25) is 0 Å². The maximum Gasteiger partial charge on any atom is 0.0255 e. The fourth-order valence-electron chi connectivity index (χ4n) is 4.50. The monoisotopic (exact) mass is 294 g/mol. The van der Waals surface area contributed by atoms with Crippen LogP contribution in [0.15, 0.2) is 0 Å². The minimum absolute atomic E-state index is 0.729. The van der Waals surface area contributed by atoms with E-state index >= 15 is 0 Å². The second kappa shape index (κ2) is 7.97. The van der Waals surface area contributed by atoms with E-state index in [-0.39, 0.29) is 0 Å². The fourth-order valence-corrected chi connectivity index (χ4v) is 4.50. The molecule has 1 saturated heterocycles. The average Bonchev–Trinajstić information content (AvgIpc) is 2.47. The van der Waals surface area contributed by atoms with Gasteiger partial charge in [-0.1, -0.05) is 27.7 Å². The second-order valence-electron chi connectivity index (χ2n) is 8.17. The predicted molar refractivity (Wildman–Crippen MR) is 92.6 cm³/mol. The molecule has 1 N–H and O–H groups in total. The zero-order valence-corrected chi connectivity index (χ0v) is 15.1. The van der Waals surface area contributed by atoms with E-state index < -0.39 is 0 Å². The van der Waals surface area contributed by atoms with Gasteiger partial charge < -0.3 is 5.32 Å². The summed E-state index contributed by atoms with van der Waals surface area (Å²) in [6, 6.07) is 2.28. The van der Waals surface area contributed by atoms with E-state index in [1.165, 1.54) is 51.6 Å². The van der Waals surface area contributed by atoms with Gasteiger partial charge in [0.15, 0.2) is 0 Å². The Hall–Kier alpha value is -0.0800. The summed E-state index contributed by atoms with van der Waals surface area (Å²) >= 11 is 0. The van der Waals surface area contributed by atoms with E-state index in [4.69, 9.17) is 0 Å². The second-order valence-corrected chi connectivity index (χ2v) is 8.17. The quantitative estimate of drug-likeness (QED) is 0.813. The van der Waals surface area contributed by atoms with E-state index in [2.05, 4.69) is 44.8 Å². The first kappa shape index (κ1) is 17.3. The van der Waals surface area contributed by atoms with Crippen molar-refractivity contribution in [2.45, 2.75) is 91.3 Å². The highest BCUT2D eigenvalue weighted by Crippen LogP contribution is 2.36. The van der Waals surface area contributed by atoms with Crippen molar-refractivity contribution in [3.63, 3.8) is 0 Å². The molecule has 5 unspecified atom stereocenters. The average molecular weight is 295 g/mol. The molecule has 0 spiro atoms. The molecule has 2 fully saturated rings. The van der Waals surface area contributed by atoms with Crippen molar-refractivity contribution in [2.75, 3.05) is 13.1 Å². The largest absolute Gasteiger partial charge is 0.312 e. The number of likely N-dealkylation sites (tertiary alicyclic amines) is 1. The standard InChI is InChI=1S/C19H38N2/c1-6-11-20-18-10-9-17(14(2)3)12-19(18)21-13-15(4)7-8-16(21)5/h14-20H,6-13H2,1-5H3. The lowest BCUT2D eigenvalue weighted by Crippen LogP contribution is -2.58. The molecule has 2 heteroatoms. The highest BCUT2D eigenvalue weighted by Gasteiger charge is 2.38. The Morgan fingerprint density at radius 2 is 1.86 bits per heavy atom. The lowest BCUT2D eigenvalue weighted by atomic mass is 9.75. The van der Waals surface area contributed by atoms with Gasteiger partial charge in [0, 0.05) is 24.7 Å². The summed E-state index contributed by atoms with van der Waals surface area (Å²) in [5.41, 5.74) is 0. The van der Waals surface area contributed by atoms with Crippen LogP contribution in [0.5, 0.6) is 0 Å². The Labute approximate surface area is 133 Å². The van der Waals surface area contributed by atoms with Gasteiger partial charge in [0.1, 0.15) is 0 Å². The maximum atomic E-state index is 3.87. The minimum atomic E-state index is 0.729. The molecule has 0 aromatic rings. The number of hydrogen-bond donors (Lipinski definition) is 1. The lowest BCUT2D eigenvalue weighted by molar-refractivity contribution is 0.0197. The van der Waals surface area contributed by atoms with Gasteiger partial charge in [0.05, 0.1) is 0 Å². The van der Waals surface area contributed by atoms with E-state index in [1.54, 1.807) is 0 Å². The van der Waals surface area contributed by atoms with Crippen LogP contribution in [0.4, 0.5) is 0 Å². The summed E-state index contributed by atoms with van der Waals surface area (Å²) < 4.78 is 0. The molecule has 1 saturated carbocycles. The third-order valence-electron chi connectivity index (χ3n) is 6.05. The van der Waals surface area contributed by atoms with Crippen LogP contribution in [0.3, 0.4) is 0 Å². The van der Waals surface area contributed by atoms with Crippen LogP contribution in [-0.2, 0) is 0 Å². The number of nitrogens with zero attached hydrogens (tertiary/aromatic N) is 1. The summed E-state index contributed by atoms with van der Waals surface area (Å²) in [6.07, 6.45) is 8.28. The van der Waals surface area contributed by atoms with E-state index in [0.29, 0.717) is 0 Å². The van der Waals surface area contributed by atoms with Gasteiger partial charge in [-0.25, -0.2) is 0 Å². The Morgan fingerprint density at radius 3 is 2.52 bits per heavy atom. The van der Waals surface area contributed by atoms with Crippen LogP contribution in [0.1, 0.15) is 73.1 Å². The Morgan fingerprint density at radius 1 is 1.10 bits per heavy atom. The fraction of sp³-hybridized carbons (Fsp3) is 1.00. The number of nitrogens with one attached hydrogen (secondary N) is 1. The van der Waals surface area contributed by atoms with Gasteiger partial charge in [-0.05, 0) is 69.7 Å². The molecule has 0 bridgehead atoms. The summed E-state index contributed by atoms with van der Waals surface area (Å²) in [5, 5.41) is 3.87. The molecule has 0 radical (unpaired) electrons. The minimum Gasteiger partial charge on any atom is -0.312 e. The predicted octanol–water partition coefficient (Wildman–Crippen LogP) is 4.30. The number of rotatable bonds is 5. The summed E-state index contributed by atoms with van der Waals surface area (Å²) in [5.74, 6) is 2.66. The van der Waals surface area contributed by atoms with E-state index in [1.807, 2.05) is 0 Å². The summed E-state index contributed by atoms with van der Waals surface area (Å²) in [6.45, 7) is 14.5. The molecule has 0 amide bonds. The third-order valence-corrected chi connectivity index (χ3v) is 6.05. The van der Waals surface area contributed by atoms with Crippen molar-refractivity contribution < 1.29 is 0 Å². The Bertz CT molecular complexity index is 302. The molecule has 0 aromatic heterocycles. The molecule has 2 rings (SSSR count). The molecule has 2 nitrogen and oxygen atoms in total. The first-order valence-electron chi connectivity index (χ1n) is 9.52. The van der Waals surface area contributed by atoms with Crippen molar-refractivity contribution in [1.29, 1.82) is 0 Å². The molecule has 0 aromatic carbocycles. The highest BCUT2D eigenvalue weighted by molar-refractivity contribution is 4.95. The lowest BCUT2D eigenvalue weighted by Gasteiger charge is -2.49. The van der Waals surface area contributed by atoms with Crippen molar-refractivity contribution in [3.8, 4) is 0 Å². The zero-order chi connectivity index (χ0) is 15.4. The Balaban J connectivity index is 2.07. The Kier molecular flexibility index (Phi) is 6.55. The van der Waals surface area contributed by atoms with Crippen LogP contribution in [0.25, 0.3) is 0 Å². The van der Waals surface area contributed by atoms with Gasteiger partial charge in [0.2, 0.25) is 0 Å². The SMILES string of the molecule is CCCNC1CCC(C(C)C)CC1N1CC(C)CCC1C. The highest BCUT2D eigenvalue weighted by atomic mass is 15.2. The van der Waals surface area contributed by atoms with Crippen LogP contribution < -0.4 is 5.32 Å². The first-order valence-corrected chi connectivity index (χ1v) is 9.52. The first-order chi connectivity index (χ1) is 10.0. The van der Waals surface area contributed by atoms with Crippen molar-refractivity contribution in [2.24, 2.45) is 17.8 Å².